The number of amides is 1. The number of nitrogens with one attached hydrogen (secondary N) is 2. The second-order valence-corrected chi connectivity index (χ2v) is 8.27. The molecule has 1 amide bonds. The third kappa shape index (κ3) is 5.57. The topological polar surface area (TPSA) is 111 Å². The van der Waals surface area contributed by atoms with Gasteiger partial charge in [0, 0.05) is 5.69 Å². The quantitative estimate of drug-likeness (QED) is 0.475. The number of carbonyl (C=O) groups excluding carboxylic acids is 1. The summed E-state index contributed by atoms with van der Waals surface area (Å²) >= 11 is 2.68. The molecule has 0 bridgehead atoms. The van der Waals surface area contributed by atoms with Gasteiger partial charge >= 0.3 is 0 Å². The fourth-order valence-corrected chi connectivity index (χ4v) is 4.14. The van der Waals surface area contributed by atoms with E-state index in [0.29, 0.717) is 21.2 Å². The second-order valence-electron chi connectivity index (χ2n) is 6.07. The highest BCUT2D eigenvalue weighted by Gasteiger charge is 2.13. The van der Waals surface area contributed by atoms with E-state index in [1.165, 1.54) is 48.9 Å². The lowest BCUT2D eigenvalue weighted by Crippen LogP contribution is -2.16. The third-order valence-corrected chi connectivity index (χ3v) is 6.03. The van der Waals surface area contributed by atoms with E-state index in [1.807, 2.05) is 6.07 Å². The Bertz CT molecular complexity index is 1010. The first-order valence-electron chi connectivity index (χ1n) is 9.11. The van der Waals surface area contributed by atoms with Crippen LogP contribution in [0.2, 0.25) is 0 Å². The molecule has 2 aromatic heterocycles. The summed E-state index contributed by atoms with van der Waals surface area (Å²) in [5, 5.41) is 15.0. The Morgan fingerprint density at radius 1 is 1.17 bits per heavy atom. The predicted octanol–water partition coefficient (Wildman–Crippen LogP) is 3.69. The molecule has 0 aliphatic heterocycles. The van der Waals surface area contributed by atoms with E-state index in [1.54, 1.807) is 0 Å². The van der Waals surface area contributed by atoms with Gasteiger partial charge in [-0.1, -0.05) is 48.2 Å². The van der Waals surface area contributed by atoms with Crippen LogP contribution in [0.25, 0.3) is 0 Å². The van der Waals surface area contributed by atoms with Gasteiger partial charge in [-0.05, 0) is 24.5 Å². The van der Waals surface area contributed by atoms with Gasteiger partial charge < -0.3 is 14.8 Å². The first-order chi connectivity index (χ1) is 14.5. The molecular weight excluding hydrogens is 424 g/mol. The van der Waals surface area contributed by atoms with Gasteiger partial charge in [-0.3, -0.25) is 10.1 Å². The minimum Gasteiger partial charge on any atom is -0.481 e. The first kappa shape index (κ1) is 21.8. The molecule has 0 atom stereocenters. The molecule has 11 heteroatoms. The largest absolute Gasteiger partial charge is 0.481 e. The summed E-state index contributed by atoms with van der Waals surface area (Å²) in [6.45, 7) is 4.17. The average molecular weight is 447 g/mol. The zero-order valence-corrected chi connectivity index (χ0v) is 18.7. The van der Waals surface area contributed by atoms with Gasteiger partial charge in [-0.15, -0.1) is 10.2 Å². The fourth-order valence-electron chi connectivity index (χ4n) is 2.58. The van der Waals surface area contributed by atoms with Crippen molar-refractivity contribution in [1.29, 1.82) is 0 Å². The zero-order chi connectivity index (χ0) is 21.5. The summed E-state index contributed by atoms with van der Waals surface area (Å²) in [4.78, 5) is 20.4. The molecule has 0 saturated carbocycles. The Morgan fingerprint density at radius 3 is 2.57 bits per heavy atom. The summed E-state index contributed by atoms with van der Waals surface area (Å²) in [5.74, 6) is 0.581. The highest BCUT2D eigenvalue weighted by atomic mass is 32.2. The predicted molar refractivity (Wildman–Crippen MR) is 118 cm³/mol. The zero-order valence-electron chi connectivity index (χ0n) is 17.1. The van der Waals surface area contributed by atoms with E-state index < -0.39 is 0 Å². The van der Waals surface area contributed by atoms with Crippen molar-refractivity contribution in [3.63, 3.8) is 0 Å². The minimum atomic E-state index is -0.271. The summed E-state index contributed by atoms with van der Waals surface area (Å²) in [6.07, 6.45) is 0.918. The van der Waals surface area contributed by atoms with Gasteiger partial charge in [0.15, 0.2) is 4.34 Å². The molecule has 0 fully saturated rings. The Hall–Kier alpha value is -2.92. The SMILES string of the molecule is CCc1cccc(C)c1Nc1nnc(SCC(=O)Nc2nc(OC)cc(OC)n2)s1. The highest BCUT2D eigenvalue weighted by molar-refractivity contribution is 8.01. The fraction of sp³-hybridized carbons (Fsp3) is 0.316. The molecule has 30 heavy (non-hydrogen) atoms. The van der Waals surface area contributed by atoms with Crippen molar-refractivity contribution in [2.75, 3.05) is 30.6 Å². The maximum atomic E-state index is 12.3. The van der Waals surface area contributed by atoms with Gasteiger partial charge in [0.2, 0.25) is 28.7 Å². The van der Waals surface area contributed by atoms with Gasteiger partial charge in [0.25, 0.3) is 0 Å². The van der Waals surface area contributed by atoms with E-state index >= 15 is 0 Å². The van der Waals surface area contributed by atoms with Crippen molar-refractivity contribution < 1.29 is 14.3 Å². The lowest BCUT2D eigenvalue weighted by molar-refractivity contribution is -0.113. The number of ether oxygens (including phenoxy) is 2. The number of hydrogen-bond acceptors (Lipinski definition) is 10. The van der Waals surface area contributed by atoms with Crippen molar-refractivity contribution in [2.45, 2.75) is 24.6 Å². The number of nitrogens with zero attached hydrogens (tertiary/aromatic N) is 4. The molecule has 3 rings (SSSR count). The molecule has 9 nitrogen and oxygen atoms in total. The molecule has 158 valence electrons. The van der Waals surface area contributed by atoms with Crippen LogP contribution < -0.4 is 20.1 Å². The van der Waals surface area contributed by atoms with Crippen LogP contribution in [-0.4, -0.2) is 46.0 Å². The second kappa shape index (κ2) is 10.2. The number of hydrogen-bond donors (Lipinski definition) is 2. The molecule has 0 radical (unpaired) electrons. The Balaban J connectivity index is 1.59. The maximum Gasteiger partial charge on any atom is 0.237 e. The Morgan fingerprint density at radius 2 is 1.90 bits per heavy atom. The maximum absolute atomic E-state index is 12.3. The van der Waals surface area contributed by atoms with E-state index in [0.717, 1.165) is 17.7 Å². The van der Waals surface area contributed by atoms with Crippen LogP contribution in [-0.2, 0) is 11.2 Å². The molecule has 1 aromatic carbocycles. The smallest absolute Gasteiger partial charge is 0.237 e. The molecular formula is C19H22N6O3S2. The number of anilines is 3. The van der Waals surface area contributed by atoms with Gasteiger partial charge in [-0.2, -0.15) is 9.97 Å². The standard InChI is InChI=1S/C19H22N6O3S2/c1-5-12-8-6-7-11(2)16(12)23-18-24-25-19(30-18)29-10-13(26)20-17-21-14(27-3)9-15(22-17)28-4/h6-9H,5,10H2,1-4H3,(H,23,24)(H,20,21,22,26). The van der Waals surface area contributed by atoms with Crippen LogP contribution in [0.15, 0.2) is 28.6 Å². The molecule has 2 N–H and O–H groups in total. The number of para-hydroxylation sites is 1. The lowest BCUT2D eigenvalue weighted by atomic mass is 10.1. The first-order valence-corrected chi connectivity index (χ1v) is 10.9. The van der Waals surface area contributed by atoms with Crippen LogP contribution in [0.1, 0.15) is 18.1 Å². The van der Waals surface area contributed by atoms with Crippen molar-refractivity contribution >= 4 is 45.8 Å². The van der Waals surface area contributed by atoms with Crippen molar-refractivity contribution in [1.82, 2.24) is 20.2 Å². The lowest BCUT2D eigenvalue weighted by Gasteiger charge is -2.11. The number of rotatable bonds is 9. The van der Waals surface area contributed by atoms with E-state index in [-0.39, 0.29) is 17.6 Å². The number of benzene rings is 1. The van der Waals surface area contributed by atoms with Crippen molar-refractivity contribution in [2.24, 2.45) is 0 Å². The highest BCUT2D eigenvalue weighted by Crippen LogP contribution is 2.30. The van der Waals surface area contributed by atoms with E-state index in [2.05, 4.69) is 56.8 Å². The summed E-state index contributed by atoms with van der Waals surface area (Å²) in [6, 6.07) is 7.71. The van der Waals surface area contributed by atoms with Crippen LogP contribution in [0.3, 0.4) is 0 Å². The number of thioether (sulfide) groups is 1. The van der Waals surface area contributed by atoms with E-state index in [4.69, 9.17) is 9.47 Å². The molecule has 0 aliphatic rings. The number of aryl methyl sites for hydroxylation is 2. The monoisotopic (exact) mass is 446 g/mol. The van der Waals surface area contributed by atoms with Gasteiger partial charge in [0.1, 0.15) is 0 Å². The van der Waals surface area contributed by atoms with Crippen LogP contribution in [0.5, 0.6) is 11.8 Å². The molecule has 0 spiro atoms. The minimum absolute atomic E-state index is 0.114. The Kier molecular flexibility index (Phi) is 7.41. The summed E-state index contributed by atoms with van der Waals surface area (Å²) < 4.78 is 10.8. The summed E-state index contributed by atoms with van der Waals surface area (Å²) in [5.41, 5.74) is 3.41. The normalized spacial score (nSPS) is 10.5. The van der Waals surface area contributed by atoms with Crippen LogP contribution in [0.4, 0.5) is 16.8 Å². The van der Waals surface area contributed by atoms with Gasteiger partial charge in [-0.25, -0.2) is 0 Å². The molecule has 0 saturated heterocycles. The summed E-state index contributed by atoms with van der Waals surface area (Å²) in [7, 11) is 2.95. The Labute approximate surface area is 182 Å². The average Bonchev–Trinajstić information content (AvgIpc) is 3.20. The number of methoxy groups -OCH3 is 2. The molecule has 3 aromatic rings. The molecule has 2 heterocycles. The molecule has 0 aliphatic carbocycles. The van der Waals surface area contributed by atoms with E-state index in [9.17, 15) is 4.79 Å². The van der Waals surface area contributed by atoms with Crippen LogP contribution >= 0.6 is 23.1 Å². The third-order valence-electron chi connectivity index (χ3n) is 4.05. The van der Waals surface area contributed by atoms with Crippen molar-refractivity contribution in [3.8, 4) is 11.8 Å². The van der Waals surface area contributed by atoms with Crippen molar-refractivity contribution in [3.05, 3.63) is 35.4 Å². The molecule has 0 unspecified atom stereocenters. The number of carbonyl (C=O) groups is 1. The van der Waals surface area contributed by atoms with Crippen LogP contribution in [0, 0.1) is 6.92 Å². The van der Waals surface area contributed by atoms with Gasteiger partial charge in [0.05, 0.1) is 26.0 Å². The number of aromatic nitrogens is 4.